The van der Waals surface area contributed by atoms with Gasteiger partial charge in [-0.1, -0.05) is 0 Å². The summed E-state index contributed by atoms with van der Waals surface area (Å²) in [5.41, 5.74) is 8.82. The highest BCUT2D eigenvalue weighted by atomic mass is 19.1. The molecule has 2 aromatic rings. The molecule has 32 heavy (non-hydrogen) atoms. The Hall–Kier alpha value is -2.43. The van der Waals surface area contributed by atoms with Crippen LogP contribution in [0.1, 0.15) is 35.7 Å². The third kappa shape index (κ3) is 4.02. The van der Waals surface area contributed by atoms with E-state index >= 15 is 0 Å². The van der Waals surface area contributed by atoms with Crippen LogP contribution in [0.4, 0.5) is 13.2 Å². The summed E-state index contributed by atoms with van der Waals surface area (Å²) in [5.74, 6) is -1.31. The summed E-state index contributed by atoms with van der Waals surface area (Å²) in [4.78, 5) is 18.5. The van der Waals surface area contributed by atoms with Crippen LogP contribution in [-0.4, -0.2) is 75.2 Å². The van der Waals surface area contributed by atoms with Crippen LogP contribution < -0.4 is 5.73 Å². The summed E-state index contributed by atoms with van der Waals surface area (Å²) < 4.78 is 42.3. The lowest BCUT2D eigenvalue weighted by Gasteiger charge is -2.46. The Morgan fingerprint density at radius 3 is 2.84 bits per heavy atom. The number of fused-ring (bicyclic) bond motifs is 1. The third-order valence-corrected chi connectivity index (χ3v) is 6.94. The normalized spacial score (nSPS) is 28.9. The molecule has 0 aliphatic carbocycles. The van der Waals surface area contributed by atoms with Crippen molar-refractivity contribution in [3.63, 3.8) is 0 Å². The highest BCUT2D eigenvalue weighted by Crippen LogP contribution is 2.36. The summed E-state index contributed by atoms with van der Waals surface area (Å²) in [7, 11) is 0. The first-order valence-corrected chi connectivity index (χ1v) is 11.0. The number of piperidine rings is 1. The number of carbonyl (C=O) groups excluding carboxylic acids is 1. The predicted octanol–water partition coefficient (Wildman–Crippen LogP) is 1.72. The van der Waals surface area contributed by atoms with Gasteiger partial charge in [0, 0.05) is 55.6 Å². The van der Waals surface area contributed by atoms with Gasteiger partial charge in [0.2, 0.25) is 5.91 Å². The van der Waals surface area contributed by atoms with Crippen LogP contribution in [-0.2, 0) is 17.9 Å². The second-order valence-electron chi connectivity index (χ2n) is 9.08. The molecule has 4 heterocycles. The number of H-pyrrole nitrogens is 1. The number of benzene rings is 1. The van der Waals surface area contributed by atoms with Crippen LogP contribution >= 0.6 is 0 Å². The number of aromatic nitrogens is 2. The van der Waals surface area contributed by atoms with Gasteiger partial charge in [-0.3, -0.25) is 19.7 Å². The highest BCUT2D eigenvalue weighted by molar-refractivity contribution is 5.78. The molecule has 10 heteroatoms. The molecule has 1 aromatic heterocycles. The van der Waals surface area contributed by atoms with Crippen molar-refractivity contribution in [3.05, 3.63) is 52.9 Å². The zero-order chi connectivity index (χ0) is 22.4. The number of hydrogen-bond donors (Lipinski definition) is 2. The van der Waals surface area contributed by atoms with Gasteiger partial charge in [-0.2, -0.15) is 5.10 Å². The molecule has 172 valence electrons. The maximum atomic E-state index is 14.7. The molecule has 0 saturated carbocycles. The second-order valence-corrected chi connectivity index (χ2v) is 9.08. The molecule has 1 unspecified atom stereocenters. The first-order chi connectivity index (χ1) is 15.4. The first kappa shape index (κ1) is 21.4. The van der Waals surface area contributed by atoms with Gasteiger partial charge in [-0.25, -0.2) is 13.2 Å². The zero-order valence-electron chi connectivity index (χ0n) is 17.7. The number of amides is 1. The van der Waals surface area contributed by atoms with E-state index in [2.05, 4.69) is 15.1 Å². The van der Waals surface area contributed by atoms with Crippen LogP contribution in [0, 0.1) is 11.6 Å². The lowest BCUT2D eigenvalue weighted by Crippen LogP contribution is -2.57. The van der Waals surface area contributed by atoms with E-state index in [1.54, 1.807) is 0 Å². The summed E-state index contributed by atoms with van der Waals surface area (Å²) >= 11 is 0. The van der Waals surface area contributed by atoms with E-state index in [-0.39, 0.29) is 30.6 Å². The fraction of sp³-hybridized carbons (Fsp3) is 0.545. The maximum Gasteiger partial charge on any atom is 0.236 e. The van der Waals surface area contributed by atoms with Crippen molar-refractivity contribution >= 4 is 5.91 Å². The first-order valence-electron chi connectivity index (χ1n) is 11.0. The Bertz CT molecular complexity index is 979. The lowest BCUT2D eigenvalue weighted by molar-refractivity contribution is -0.133. The van der Waals surface area contributed by atoms with E-state index in [0.29, 0.717) is 32.5 Å². The number of hydrogen-bond acceptors (Lipinski definition) is 5. The van der Waals surface area contributed by atoms with Gasteiger partial charge in [-0.15, -0.1) is 0 Å². The van der Waals surface area contributed by atoms with E-state index in [4.69, 9.17) is 5.73 Å². The van der Waals surface area contributed by atoms with Crippen molar-refractivity contribution in [2.45, 2.75) is 50.2 Å². The van der Waals surface area contributed by atoms with Crippen LogP contribution in [0.15, 0.2) is 24.4 Å². The fourth-order valence-corrected chi connectivity index (χ4v) is 5.33. The lowest BCUT2D eigenvalue weighted by atomic mass is 9.87. The standard InChI is InChI=1S/C22H27F3N6O/c23-14-1-2-18(25)17(5-14)22-19(26)6-16(30-8-13-7-27-28-20(13)11-30)10-31(22)12-21(32)29-4-3-15(24)9-29/h1-2,5,7,15-16,19,22H,3-4,6,8-12,26H2,(H,27,28)/t15-,16-,19+,22?/m1/s1. The number of aromatic amines is 1. The molecule has 0 bridgehead atoms. The van der Waals surface area contributed by atoms with E-state index in [1.807, 2.05) is 11.1 Å². The summed E-state index contributed by atoms with van der Waals surface area (Å²) in [5, 5.41) is 7.14. The number of nitrogens with two attached hydrogens (primary N) is 1. The van der Waals surface area contributed by atoms with Crippen molar-refractivity contribution in [1.29, 1.82) is 0 Å². The number of alkyl halides is 1. The van der Waals surface area contributed by atoms with Gasteiger partial charge >= 0.3 is 0 Å². The summed E-state index contributed by atoms with van der Waals surface area (Å²) in [6.07, 6.45) is 1.77. The number of halogens is 3. The van der Waals surface area contributed by atoms with Crippen LogP contribution in [0.5, 0.6) is 0 Å². The second kappa shape index (κ2) is 8.49. The van der Waals surface area contributed by atoms with Crippen molar-refractivity contribution in [2.24, 2.45) is 5.73 Å². The summed E-state index contributed by atoms with van der Waals surface area (Å²) in [6.45, 7) is 2.30. The zero-order valence-corrected chi connectivity index (χ0v) is 17.7. The van der Waals surface area contributed by atoms with Gasteiger partial charge < -0.3 is 10.6 Å². The molecule has 5 rings (SSSR count). The largest absolute Gasteiger partial charge is 0.339 e. The minimum atomic E-state index is -1.02. The van der Waals surface area contributed by atoms with Crippen LogP contribution in [0.2, 0.25) is 0 Å². The molecule has 1 amide bonds. The Balaban J connectivity index is 1.40. The monoisotopic (exact) mass is 448 g/mol. The Kier molecular flexibility index (Phi) is 5.68. The molecule has 2 saturated heterocycles. The smallest absolute Gasteiger partial charge is 0.236 e. The van der Waals surface area contributed by atoms with E-state index in [9.17, 15) is 18.0 Å². The molecule has 3 aliphatic rings. The minimum Gasteiger partial charge on any atom is -0.339 e. The van der Waals surface area contributed by atoms with Crippen molar-refractivity contribution < 1.29 is 18.0 Å². The average molecular weight is 448 g/mol. The number of rotatable bonds is 4. The third-order valence-electron chi connectivity index (χ3n) is 6.94. The molecular formula is C22H27F3N6O. The maximum absolute atomic E-state index is 14.7. The molecule has 2 fully saturated rings. The van der Waals surface area contributed by atoms with Crippen molar-refractivity contribution in [3.8, 4) is 0 Å². The van der Waals surface area contributed by atoms with E-state index < -0.39 is 29.9 Å². The fourth-order valence-electron chi connectivity index (χ4n) is 5.33. The quantitative estimate of drug-likeness (QED) is 0.745. The minimum absolute atomic E-state index is 0.0173. The molecular weight excluding hydrogens is 421 g/mol. The number of carbonyl (C=O) groups is 1. The molecule has 7 nitrogen and oxygen atoms in total. The Labute approximate surface area is 184 Å². The van der Waals surface area contributed by atoms with Gasteiger partial charge in [0.15, 0.2) is 0 Å². The number of likely N-dealkylation sites (tertiary alicyclic amines) is 2. The molecule has 0 radical (unpaired) electrons. The van der Waals surface area contributed by atoms with Crippen LogP contribution in [0.25, 0.3) is 0 Å². The highest BCUT2D eigenvalue weighted by Gasteiger charge is 2.41. The topological polar surface area (TPSA) is 81.5 Å². The van der Waals surface area contributed by atoms with E-state index in [1.165, 1.54) is 4.90 Å². The van der Waals surface area contributed by atoms with Gasteiger partial charge in [0.25, 0.3) is 0 Å². The van der Waals surface area contributed by atoms with Gasteiger partial charge in [0.05, 0.1) is 24.8 Å². The number of nitrogens with zero attached hydrogens (tertiary/aromatic N) is 4. The number of nitrogens with one attached hydrogen (secondary N) is 1. The van der Waals surface area contributed by atoms with Gasteiger partial charge in [-0.05, 0) is 31.0 Å². The molecule has 0 spiro atoms. The Morgan fingerprint density at radius 2 is 2.09 bits per heavy atom. The predicted molar refractivity (Wildman–Crippen MR) is 111 cm³/mol. The molecule has 3 aliphatic heterocycles. The van der Waals surface area contributed by atoms with Gasteiger partial charge in [0.1, 0.15) is 17.8 Å². The summed E-state index contributed by atoms with van der Waals surface area (Å²) in [6, 6.07) is 2.22. The Morgan fingerprint density at radius 1 is 1.25 bits per heavy atom. The van der Waals surface area contributed by atoms with Crippen LogP contribution in [0.3, 0.4) is 0 Å². The average Bonchev–Trinajstić information content (AvgIpc) is 3.46. The molecule has 4 atom stereocenters. The van der Waals surface area contributed by atoms with Crippen molar-refractivity contribution in [1.82, 2.24) is 24.9 Å². The SMILES string of the molecule is N[C@H]1C[C@@H](N2Cc3c[nH]nc3C2)CN(CC(=O)N2CC[C@@H](F)C2)C1c1cc(F)ccc1F. The van der Waals surface area contributed by atoms with E-state index in [0.717, 1.165) is 36.0 Å². The molecule has 3 N–H and O–H groups in total. The molecule has 1 aromatic carbocycles. The van der Waals surface area contributed by atoms with Crippen molar-refractivity contribution in [2.75, 3.05) is 26.2 Å².